The number of aromatic nitrogens is 1. The van der Waals surface area contributed by atoms with Gasteiger partial charge in [-0.15, -0.1) is 11.3 Å². The van der Waals surface area contributed by atoms with Crippen LogP contribution in [0.5, 0.6) is 0 Å². The van der Waals surface area contributed by atoms with Gasteiger partial charge in [-0.05, 0) is 6.92 Å². The van der Waals surface area contributed by atoms with Crippen LogP contribution in [-0.2, 0) is 0 Å². The Hall–Kier alpha value is -1.43. The van der Waals surface area contributed by atoms with Crippen LogP contribution in [0.2, 0.25) is 0 Å². The normalized spacial score (nSPS) is 12.1. The highest BCUT2D eigenvalue weighted by Crippen LogP contribution is 2.14. The molecule has 1 rings (SSSR count). The highest BCUT2D eigenvalue weighted by atomic mass is 32.1. The first kappa shape index (κ1) is 9.66. The number of aldehydes is 1. The Morgan fingerprint density at radius 3 is 3.00 bits per heavy atom. The molecule has 0 spiro atoms. The molecule has 5 nitrogen and oxygen atoms in total. The standard InChI is InChI=1S/C7H8N2O3S/c1-4(8-7(11)12)5-3-13-6(2-10)9-5/h2-4,8H,1H3,(H,11,12). The van der Waals surface area contributed by atoms with E-state index in [1.165, 1.54) is 11.3 Å². The van der Waals surface area contributed by atoms with Crippen molar-refractivity contribution in [3.05, 3.63) is 16.1 Å². The quantitative estimate of drug-likeness (QED) is 0.720. The molecule has 0 aromatic carbocycles. The summed E-state index contributed by atoms with van der Waals surface area (Å²) in [4.78, 5) is 24.4. The van der Waals surface area contributed by atoms with Gasteiger partial charge in [-0.3, -0.25) is 4.79 Å². The third-order valence-corrected chi connectivity index (χ3v) is 2.21. The Balaban J connectivity index is 2.70. The minimum Gasteiger partial charge on any atom is -0.465 e. The van der Waals surface area contributed by atoms with Crippen LogP contribution < -0.4 is 5.32 Å². The molecule has 1 unspecified atom stereocenters. The number of carboxylic acid groups (broad SMARTS) is 1. The third kappa shape index (κ3) is 2.51. The van der Waals surface area contributed by atoms with Crippen LogP contribution in [0.4, 0.5) is 4.79 Å². The topological polar surface area (TPSA) is 79.3 Å². The van der Waals surface area contributed by atoms with Gasteiger partial charge in [0.05, 0.1) is 11.7 Å². The summed E-state index contributed by atoms with van der Waals surface area (Å²) >= 11 is 1.19. The van der Waals surface area contributed by atoms with E-state index in [0.29, 0.717) is 17.0 Å². The molecule has 1 heterocycles. The van der Waals surface area contributed by atoms with Crippen LogP contribution in [0.1, 0.15) is 28.5 Å². The number of thiazole rings is 1. The van der Waals surface area contributed by atoms with Gasteiger partial charge < -0.3 is 10.4 Å². The highest BCUT2D eigenvalue weighted by Gasteiger charge is 2.11. The van der Waals surface area contributed by atoms with E-state index in [9.17, 15) is 9.59 Å². The van der Waals surface area contributed by atoms with Crippen LogP contribution in [0.3, 0.4) is 0 Å². The summed E-state index contributed by atoms with van der Waals surface area (Å²) in [6, 6.07) is -0.387. The van der Waals surface area contributed by atoms with E-state index in [1.807, 2.05) is 0 Å². The van der Waals surface area contributed by atoms with Crippen molar-refractivity contribution in [2.75, 3.05) is 0 Å². The van der Waals surface area contributed by atoms with E-state index < -0.39 is 6.09 Å². The Kier molecular flexibility index (Phi) is 2.97. The molecule has 6 heteroatoms. The SMILES string of the molecule is CC(NC(=O)O)c1csc(C=O)n1. The number of rotatable bonds is 3. The molecular weight excluding hydrogens is 192 g/mol. The molecule has 0 fully saturated rings. The second-order valence-corrected chi connectivity index (χ2v) is 3.29. The van der Waals surface area contributed by atoms with Crippen molar-refractivity contribution in [1.82, 2.24) is 10.3 Å². The van der Waals surface area contributed by atoms with Gasteiger partial charge in [0, 0.05) is 5.38 Å². The number of amides is 1. The molecule has 1 atom stereocenters. The van der Waals surface area contributed by atoms with E-state index in [4.69, 9.17) is 5.11 Å². The van der Waals surface area contributed by atoms with Crippen molar-refractivity contribution in [2.24, 2.45) is 0 Å². The number of nitrogens with zero attached hydrogens (tertiary/aromatic N) is 1. The lowest BCUT2D eigenvalue weighted by atomic mass is 10.3. The molecule has 0 aliphatic heterocycles. The molecule has 0 saturated carbocycles. The monoisotopic (exact) mass is 200 g/mol. The van der Waals surface area contributed by atoms with Crippen molar-refractivity contribution in [3.8, 4) is 0 Å². The minimum absolute atomic E-state index is 0.356. The van der Waals surface area contributed by atoms with Gasteiger partial charge >= 0.3 is 6.09 Å². The van der Waals surface area contributed by atoms with E-state index in [1.54, 1.807) is 12.3 Å². The van der Waals surface area contributed by atoms with Gasteiger partial charge in [-0.2, -0.15) is 0 Å². The van der Waals surface area contributed by atoms with Gasteiger partial charge in [0.15, 0.2) is 11.3 Å². The lowest BCUT2D eigenvalue weighted by Gasteiger charge is -2.06. The predicted octanol–water partition coefficient (Wildman–Crippen LogP) is 1.28. The minimum atomic E-state index is -1.10. The van der Waals surface area contributed by atoms with Crippen LogP contribution in [0, 0.1) is 0 Å². The van der Waals surface area contributed by atoms with Crippen LogP contribution in [-0.4, -0.2) is 22.5 Å². The number of carbonyl (C=O) groups excluding carboxylic acids is 1. The molecule has 1 aromatic heterocycles. The van der Waals surface area contributed by atoms with Crippen molar-refractivity contribution in [1.29, 1.82) is 0 Å². The number of hydrogen-bond acceptors (Lipinski definition) is 4. The number of carbonyl (C=O) groups is 2. The van der Waals surface area contributed by atoms with Gasteiger partial charge in [0.1, 0.15) is 0 Å². The molecule has 1 amide bonds. The lowest BCUT2D eigenvalue weighted by molar-refractivity contribution is 0.112. The van der Waals surface area contributed by atoms with E-state index in [-0.39, 0.29) is 6.04 Å². The molecule has 2 N–H and O–H groups in total. The first-order valence-corrected chi connectivity index (χ1v) is 4.41. The first-order valence-electron chi connectivity index (χ1n) is 3.53. The largest absolute Gasteiger partial charge is 0.465 e. The van der Waals surface area contributed by atoms with Crippen LogP contribution >= 0.6 is 11.3 Å². The van der Waals surface area contributed by atoms with Crippen LogP contribution in [0.25, 0.3) is 0 Å². The zero-order valence-electron chi connectivity index (χ0n) is 6.85. The Morgan fingerprint density at radius 2 is 2.54 bits per heavy atom. The third-order valence-electron chi connectivity index (χ3n) is 1.42. The molecule has 0 radical (unpaired) electrons. The van der Waals surface area contributed by atoms with Crippen LogP contribution in [0.15, 0.2) is 5.38 Å². The summed E-state index contributed by atoms with van der Waals surface area (Å²) in [5, 5.41) is 12.7. The second kappa shape index (κ2) is 3.99. The van der Waals surface area contributed by atoms with Crippen molar-refractivity contribution in [3.63, 3.8) is 0 Å². The molecule has 0 aliphatic rings. The predicted molar refractivity (Wildman–Crippen MR) is 47.1 cm³/mol. The smallest absolute Gasteiger partial charge is 0.405 e. The fourth-order valence-electron chi connectivity index (χ4n) is 0.813. The van der Waals surface area contributed by atoms with E-state index in [0.717, 1.165) is 0 Å². The summed E-state index contributed by atoms with van der Waals surface area (Å²) in [5.41, 5.74) is 0.564. The zero-order valence-corrected chi connectivity index (χ0v) is 7.67. The van der Waals surface area contributed by atoms with Gasteiger partial charge in [0.2, 0.25) is 0 Å². The molecule has 0 bridgehead atoms. The molecule has 13 heavy (non-hydrogen) atoms. The molecule has 0 aliphatic carbocycles. The average Bonchev–Trinajstić information content (AvgIpc) is 2.50. The summed E-state index contributed by atoms with van der Waals surface area (Å²) in [6.45, 7) is 1.66. The Labute approximate surface area is 78.4 Å². The molecule has 70 valence electrons. The first-order chi connectivity index (χ1) is 6.13. The summed E-state index contributed by atoms with van der Waals surface area (Å²) in [5.74, 6) is 0. The number of nitrogens with one attached hydrogen (secondary N) is 1. The summed E-state index contributed by atoms with van der Waals surface area (Å²) in [7, 11) is 0. The fraction of sp³-hybridized carbons (Fsp3) is 0.286. The molecule has 1 aromatic rings. The maximum Gasteiger partial charge on any atom is 0.405 e. The number of hydrogen-bond donors (Lipinski definition) is 2. The maximum absolute atomic E-state index is 10.3. The molecular formula is C7H8N2O3S. The van der Waals surface area contributed by atoms with Crippen molar-refractivity contribution < 1.29 is 14.7 Å². The lowest BCUT2D eigenvalue weighted by Crippen LogP contribution is -2.24. The maximum atomic E-state index is 10.3. The Bertz CT molecular complexity index is 323. The van der Waals surface area contributed by atoms with Gasteiger partial charge in [-0.25, -0.2) is 9.78 Å². The highest BCUT2D eigenvalue weighted by molar-refractivity contribution is 7.11. The van der Waals surface area contributed by atoms with Crippen molar-refractivity contribution in [2.45, 2.75) is 13.0 Å². The van der Waals surface area contributed by atoms with E-state index in [2.05, 4.69) is 10.3 Å². The zero-order chi connectivity index (χ0) is 9.84. The van der Waals surface area contributed by atoms with Gasteiger partial charge in [0.25, 0.3) is 0 Å². The average molecular weight is 200 g/mol. The summed E-state index contributed by atoms with van der Waals surface area (Å²) in [6.07, 6.45) is -0.463. The Morgan fingerprint density at radius 1 is 1.85 bits per heavy atom. The van der Waals surface area contributed by atoms with E-state index >= 15 is 0 Å². The van der Waals surface area contributed by atoms with Crippen molar-refractivity contribution >= 4 is 23.7 Å². The van der Waals surface area contributed by atoms with Gasteiger partial charge in [-0.1, -0.05) is 0 Å². The second-order valence-electron chi connectivity index (χ2n) is 2.40. The summed E-state index contributed by atoms with van der Waals surface area (Å²) < 4.78 is 0. The molecule has 0 saturated heterocycles. The fourth-order valence-corrected chi connectivity index (χ4v) is 1.52.